The minimum Gasteiger partial charge on any atom is -0.423 e. The van der Waals surface area contributed by atoms with Gasteiger partial charge in [-0.15, -0.1) is 0 Å². The first kappa shape index (κ1) is 20.2. The number of hydrogen-bond acceptors (Lipinski definition) is 6. The summed E-state index contributed by atoms with van der Waals surface area (Å²) in [4.78, 5) is 49.2. The molecule has 0 aliphatic carbocycles. The molecule has 0 fully saturated rings. The minimum absolute atomic E-state index is 0.0915. The van der Waals surface area contributed by atoms with E-state index >= 15 is 0 Å². The predicted molar refractivity (Wildman–Crippen MR) is 114 cm³/mol. The number of ketones is 1. The molecule has 8 nitrogen and oxygen atoms in total. The fourth-order valence-corrected chi connectivity index (χ4v) is 3.98. The molecule has 0 spiro atoms. The fourth-order valence-electron chi connectivity index (χ4n) is 3.98. The van der Waals surface area contributed by atoms with Crippen molar-refractivity contribution in [1.82, 2.24) is 0 Å². The van der Waals surface area contributed by atoms with Gasteiger partial charge in [0.15, 0.2) is 0 Å². The van der Waals surface area contributed by atoms with Gasteiger partial charge in [-0.25, -0.2) is 4.79 Å². The summed E-state index contributed by atoms with van der Waals surface area (Å²) in [6.45, 7) is 5.58. The summed E-state index contributed by atoms with van der Waals surface area (Å²) in [5.41, 5.74) is 1.99. The topological polar surface area (TPSA) is 107 Å². The normalized spacial score (nSPS) is 16.4. The molecule has 2 aliphatic rings. The van der Waals surface area contributed by atoms with E-state index in [4.69, 9.17) is 4.74 Å². The lowest BCUT2D eigenvalue weighted by Gasteiger charge is -2.38. The summed E-state index contributed by atoms with van der Waals surface area (Å²) in [6.07, 6.45) is 4.43. The van der Waals surface area contributed by atoms with E-state index in [0.717, 1.165) is 11.6 Å². The predicted octanol–water partition coefficient (Wildman–Crippen LogP) is 3.94. The number of ether oxygens (including phenoxy) is 1. The SMILES string of the molecule is CC1=CC(C)(C)N2C(=O)C(=O)c3cc(OC(=O)/C=C/c4cccc([N+](=O)[O-])c4)cc1c32. The number of nitro groups is 1. The quantitative estimate of drug-likeness (QED) is 0.186. The summed E-state index contributed by atoms with van der Waals surface area (Å²) in [5.74, 6) is -1.83. The van der Waals surface area contributed by atoms with E-state index in [9.17, 15) is 24.5 Å². The Hall–Kier alpha value is -4.07. The van der Waals surface area contributed by atoms with Crippen LogP contribution in [0.5, 0.6) is 5.75 Å². The van der Waals surface area contributed by atoms with Gasteiger partial charge in [0.2, 0.25) is 0 Å². The number of carbonyl (C=O) groups is 3. The zero-order valence-electron chi connectivity index (χ0n) is 17.0. The molecule has 8 heteroatoms. The van der Waals surface area contributed by atoms with E-state index in [1.165, 1.54) is 35.2 Å². The Morgan fingerprint density at radius 3 is 2.58 bits per heavy atom. The highest BCUT2D eigenvalue weighted by Gasteiger charge is 2.46. The lowest BCUT2D eigenvalue weighted by molar-refractivity contribution is -0.384. The van der Waals surface area contributed by atoms with Crippen LogP contribution in [0, 0.1) is 10.1 Å². The molecule has 0 unspecified atom stereocenters. The Morgan fingerprint density at radius 1 is 1.16 bits per heavy atom. The molecule has 0 atom stereocenters. The number of nitrogens with zero attached hydrogens (tertiary/aromatic N) is 2. The summed E-state index contributed by atoms with van der Waals surface area (Å²) in [6, 6.07) is 8.83. The second-order valence-electron chi connectivity index (χ2n) is 7.92. The molecule has 0 saturated heterocycles. The van der Waals surface area contributed by atoms with Gasteiger partial charge in [0, 0.05) is 23.8 Å². The van der Waals surface area contributed by atoms with Gasteiger partial charge in [-0.2, -0.15) is 0 Å². The highest BCUT2D eigenvalue weighted by molar-refractivity contribution is 6.53. The average molecular weight is 418 g/mol. The first-order chi connectivity index (χ1) is 14.6. The van der Waals surface area contributed by atoms with E-state index in [-0.39, 0.29) is 17.0 Å². The third-order valence-corrected chi connectivity index (χ3v) is 5.23. The molecule has 0 saturated carbocycles. The Bertz CT molecular complexity index is 1240. The number of amides is 1. The number of nitro benzene ring substituents is 1. The molecule has 2 heterocycles. The van der Waals surface area contributed by atoms with Gasteiger partial charge in [-0.05, 0) is 50.1 Å². The number of non-ortho nitro benzene ring substituents is 1. The van der Waals surface area contributed by atoms with Crippen molar-refractivity contribution in [3.63, 3.8) is 0 Å². The van der Waals surface area contributed by atoms with Gasteiger partial charge < -0.3 is 4.74 Å². The molecular weight excluding hydrogens is 400 g/mol. The lowest BCUT2D eigenvalue weighted by Crippen LogP contribution is -2.47. The van der Waals surface area contributed by atoms with E-state index in [1.807, 2.05) is 26.8 Å². The fraction of sp³-hybridized carbons (Fsp3) is 0.174. The highest BCUT2D eigenvalue weighted by atomic mass is 16.6. The van der Waals surface area contributed by atoms with E-state index in [0.29, 0.717) is 16.8 Å². The Morgan fingerprint density at radius 2 is 1.87 bits per heavy atom. The summed E-state index contributed by atoms with van der Waals surface area (Å²) in [7, 11) is 0. The molecule has 1 amide bonds. The number of Topliss-reactive ketones (excluding diaryl/α,β-unsaturated/α-hetero) is 1. The van der Waals surface area contributed by atoms with Crippen molar-refractivity contribution in [2.24, 2.45) is 0 Å². The van der Waals surface area contributed by atoms with Gasteiger partial charge in [-0.3, -0.25) is 24.6 Å². The number of rotatable bonds is 4. The summed E-state index contributed by atoms with van der Waals surface area (Å²) < 4.78 is 5.36. The molecule has 0 bridgehead atoms. The zero-order chi connectivity index (χ0) is 22.5. The van der Waals surface area contributed by atoms with Crippen molar-refractivity contribution in [3.05, 3.63) is 75.4 Å². The van der Waals surface area contributed by atoms with Crippen LogP contribution in [0.1, 0.15) is 42.3 Å². The largest absolute Gasteiger partial charge is 0.423 e. The van der Waals surface area contributed by atoms with Gasteiger partial charge in [-0.1, -0.05) is 18.2 Å². The molecule has 2 aromatic carbocycles. The van der Waals surface area contributed by atoms with Gasteiger partial charge in [0.05, 0.1) is 21.7 Å². The summed E-state index contributed by atoms with van der Waals surface area (Å²) >= 11 is 0. The smallest absolute Gasteiger partial charge is 0.336 e. The first-order valence-electron chi connectivity index (χ1n) is 9.49. The van der Waals surface area contributed by atoms with Crippen LogP contribution in [0.3, 0.4) is 0 Å². The number of carbonyl (C=O) groups excluding carboxylic acids is 3. The number of hydrogen-bond donors (Lipinski definition) is 0. The lowest BCUT2D eigenvalue weighted by atomic mass is 9.89. The number of anilines is 1. The highest BCUT2D eigenvalue weighted by Crippen LogP contribution is 2.46. The third kappa shape index (κ3) is 3.42. The van der Waals surface area contributed by atoms with Crippen LogP contribution in [0.25, 0.3) is 11.6 Å². The van der Waals surface area contributed by atoms with Crippen molar-refractivity contribution in [3.8, 4) is 5.75 Å². The Kier molecular flexibility index (Phi) is 4.57. The maximum Gasteiger partial charge on any atom is 0.336 e. The van der Waals surface area contributed by atoms with Crippen molar-refractivity contribution < 1.29 is 24.0 Å². The molecule has 4 rings (SSSR count). The number of allylic oxidation sites excluding steroid dienone is 1. The van der Waals surface area contributed by atoms with Crippen LogP contribution >= 0.6 is 0 Å². The van der Waals surface area contributed by atoms with Crippen LogP contribution in [0.4, 0.5) is 11.4 Å². The monoisotopic (exact) mass is 418 g/mol. The van der Waals surface area contributed by atoms with E-state index < -0.39 is 28.1 Å². The maximum absolute atomic E-state index is 12.6. The van der Waals surface area contributed by atoms with Crippen LogP contribution in [-0.2, 0) is 9.59 Å². The second-order valence-corrected chi connectivity index (χ2v) is 7.92. The zero-order valence-corrected chi connectivity index (χ0v) is 17.0. The Balaban J connectivity index is 1.63. The molecular formula is C23H18N2O6. The molecule has 31 heavy (non-hydrogen) atoms. The van der Waals surface area contributed by atoms with Gasteiger partial charge >= 0.3 is 5.97 Å². The molecule has 0 radical (unpaired) electrons. The average Bonchev–Trinajstić information content (AvgIpc) is 2.96. The first-order valence-corrected chi connectivity index (χ1v) is 9.49. The molecule has 2 aliphatic heterocycles. The van der Waals surface area contributed by atoms with Gasteiger partial charge in [0.25, 0.3) is 17.4 Å². The maximum atomic E-state index is 12.6. The standard InChI is InChI=1S/C23H18N2O6/c1-13-12-23(2,3)24-20-17(13)10-16(11-18(20)21(27)22(24)28)31-19(26)8-7-14-5-4-6-15(9-14)25(29)30/h4-12H,1-3H3/b8-7+. The third-order valence-electron chi connectivity index (χ3n) is 5.23. The second kappa shape index (κ2) is 7.02. The van der Waals surface area contributed by atoms with E-state index in [2.05, 4.69) is 0 Å². The molecule has 0 N–H and O–H groups in total. The number of benzene rings is 2. The molecule has 156 valence electrons. The van der Waals surface area contributed by atoms with Crippen molar-refractivity contribution >= 4 is 40.7 Å². The van der Waals surface area contributed by atoms with Crippen LogP contribution in [0.2, 0.25) is 0 Å². The van der Waals surface area contributed by atoms with Crippen molar-refractivity contribution in [2.75, 3.05) is 4.90 Å². The molecule has 2 aromatic rings. The van der Waals surface area contributed by atoms with Crippen LogP contribution in [-0.4, -0.2) is 28.1 Å². The van der Waals surface area contributed by atoms with Crippen LogP contribution in [0.15, 0.2) is 48.6 Å². The van der Waals surface area contributed by atoms with Crippen LogP contribution < -0.4 is 9.64 Å². The number of esters is 1. The van der Waals surface area contributed by atoms with E-state index in [1.54, 1.807) is 12.1 Å². The summed E-state index contributed by atoms with van der Waals surface area (Å²) in [5, 5.41) is 10.9. The van der Waals surface area contributed by atoms with Gasteiger partial charge in [0.1, 0.15) is 5.75 Å². The molecule has 0 aromatic heterocycles. The minimum atomic E-state index is -0.718. The van der Waals surface area contributed by atoms with Crippen molar-refractivity contribution in [2.45, 2.75) is 26.3 Å². The Labute approximate surface area is 177 Å². The van der Waals surface area contributed by atoms with Crippen molar-refractivity contribution in [1.29, 1.82) is 0 Å².